The third kappa shape index (κ3) is 7.62. The van der Waals surface area contributed by atoms with Gasteiger partial charge in [0.15, 0.2) is 17.7 Å². The molecule has 2 N–H and O–H groups in total. The molecule has 1 aromatic heterocycles. The second kappa shape index (κ2) is 13.5. The van der Waals surface area contributed by atoms with Gasteiger partial charge in [-0.05, 0) is 44.0 Å². The van der Waals surface area contributed by atoms with Gasteiger partial charge in [0.05, 0.1) is 6.54 Å². The molecule has 10 nitrogen and oxygen atoms in total. The highest BCUT2D eigenvalue weighted by Gasteiger charge is 2.34. The highest BCUT2D eigenvalue weighted by Crippen LogP contribution is 2.27. The lowest BCUT2D eigenvalue weighted by molar-refractivity contribution is -0.111. The van der Waals surface area contributed by atoms with E-state index in [1.165, 1.54) is 25.0 Å². The quantitative estimate of drug-likeness (QED) is 0.314. The van der Waals surface area contributed by atoms with Crippen molar-refractivity contribution in [2.75, 3.05) is 19.1 Å². The predicted octanol–water partition coefficient (Wildman–Crippen LogP) is 4.91. The maximum absolute atomic E-state index is 13.9. The van der Waals surface area contributed by atoms with Crippen molar-refractivity contribution in [3.8, 4) is 5.75 Å². The van der Waals surface area contributed by atoms with E-state index in [-0.39, 0.29) is 36.8 Å². The zero-order valence-corrected chi connectivity index (χ0v) is 23.9. The highest BCUT2D eigenvalue weighted by molar-refractivity contribution is 6.30. The van der Waals surface area contributed by atoms with Crippen LogP contribution in [0.5, 0.6) is 5.75 Å². The number of carbonyl (C=O) groups excluding carboxylic acids is 1. The molecule has 11 heteroatoms. The summed E-state index contributed by atoms with van der Waals surface area (Å²) >= 11 is 6.09. The van der Waals surface area contributed by atoms with E-state index in [0.717, 1.165) is 16.0 Å². The number of carbonyl (C=O) groups is 2. The van der Waals surface area contributed by atoms with Crippen LogP contribution in [0.3, 0.4) is 0 Å². The average molecular weight is 572 g/mol. The number of carboxylic acid groups (broad SMARTS) is 1. The summed E-state index contributed by atoms with van der Waals surface area (Å²) in [6.45, 7) is 5.03. The molecular weight excluding hydrogens is 538 g/mol. The normalized spacial score (nSPS) is 11.4. The molecule has 0 aliphatic rings. The first-order valence-corrected chi connectivity index (χ1v) is 12.9. The molecule has 0 aliphatic carbocycles. The molecule has 0 spiro atoms. The van der Waals surface area contributed by atoms with E-state index in [1.54, 1.807) is 45.0 Å². The molecule has 0 saturated carbocycles. The van der Waals surface area contributed by atoms with Gasteiger partial charge >= 0.3 is 6.09 Å². The number of pyridine rings is 1. The standard InChI is InChI=1S/C29H34ClN3O7/c1-29(2,3)33(28(36)37)22-16-32(17-23(38-4)39-5)24(27(35)31-15-20-12-9-13-21(30)14-20)26(25(22)34)40-18-19-10-7-6-8-11-19/h6-14,16,23H,15,17-18H2,1-5H3,(H,31,35)(H,36,37). The SMILES string of the molecule is COC(Cn1cc(N(C(=O)O)C(C)(C)C)c(=O)c(OCc2ccccc2)c1C(=O)NCc1cccc(Cl)c1)OC. The Balaban J connectivity index is 2.20. The summed E-state index contributed by atoms with van der Waals surface area (Å²) in [6, 6.07) is 16.1. The van der Waals surface area contributed by atoms with Gasteiger partial charge in [-0.2, -0.15) is 0 Å². The minimum atomic E-state index is -1.33. The maximum atomic E-state index is 13.9. The number of aromatic nitrogens is 1. The lowest BCUT2D eigenvalue weighted by Crippen LogP contribution is -2.48. The third-order valence-corrected chi connectivity index (χ3v) is 6.21. The van der Waals surface area contributed by atoms with Crippen LogP contribution in [0.15, 0.2) is 65.6 Å². The van der Waals surface area contributed by atoms with Crippen molar-refractivity contribution >= 4 is 29.3 Å². The van der Waals surface area contributed by atoms with Crippen LogP contribution in [0.4, 0.5) is 10.5 Å². The number of amides is 2. The molecule has 1 heterocycles. The highest BCUT2D eigenvalue weighted by atomic mass is 35.5. The van der Waals surface area contributed by atoms with Gasteiger partial charge in [-0.1, -0.05) is 54.1 Å². The number of nitrogens with one attached hydrogen (secondary N) is 1. The van der Waals surface area contributed by atoms with E-state index in [1.807, 2.05) is 30.3 Å². The molecule has 0 radical (unpaired) electrons. The van der Waals surface area contributed by atoms with E-state index in [0.29, 0.717) is 5.02 Å². The van der Waals surface area contributed by atoms with Gasteiger partial charge in [-0.25, -0.2) is 4.79 Å². The first kappa shape index (κ1) is 30.7. The molecule has 0 bridgehead atoms. The number of ether oxygens (including phenoxy) is 3. The van der Waals surface area contributed by atoms with Gasteiger partial charge in [0.2, 0.25) is 5.43 Å². The predicted molar refractivity (Wildman–Crippen MR) is 152 cm³/mol. The molecule has 0 fully saturated rings. The smallest absolute Gasteiger partial charge is 0.412 e. The Bertz CT molecular complexity index is 1380. The molecule has 3 rings (SSSR count). The Morgan fingerprint density at radius 3 is 2.27 bits per heavy atom. The number of benzene rings is 2. The number of hydrogen-bond acceptors (Lipinski definition) is 6. The second-order valence-electron chi connectivity index (χ2n) is 9.95. The average Bonchev–Trinajstić information content (AvgIpc) is 2.90. The monoisotopic (exact) mass is 571 g/mol. The Kier molecular flexibility index (Phi) is 10.3. The Morgan fingerprint density at radius 1 is 1.05 bits per heavy atom. The molecular formula is C29H34ClN3O7. The number of hydrogen-bond donors (Lipinski definition) is 2. The number of halogens is 1. The summed E-state index contributed by atoms with van der Waals surface area (Å²) < 4.78 is 18.1. The van der Waals surface area contributed by atoms with E-state index in [2.05, 4.69) is 5.32 Å². The van der Waals surface area contributed by atoms with Crippen LogP contribution in [0, 0.1) is 0 Å². The second-order valence-corrected chi connectivity index (χ2v) is 10.4. The van der Waals surface area contributed by atoms with Crippen LogP contribution in [0.1, 0.15) is 42.4 Å². The fourth-order valence-corrected chi connectivity index (χ4v) is 4.31. The number of anilines is 1. The first-order chi connectivity index (χ1) is 19.0. The van der Waals surface area contributed by atoms with Crippen LogP contribution in [-0.2, 0) is 29.2 Å². The first-order valence-electron chi connectivity index (χ1n) is 12.5. The van der Waals surface area contributed by atoms with Crippen molar-refractivity contribution in [2.45, 2.75) is 52.3 Å². The minimum absolute atomic E-state index is 0.0331. The van der Waals surface area contributed by atoms with E-state index < -0.39 is 29.3 Å². The van der Waals surface area contributed by atoms with E-state index in [9.17, 15) is 19.5 Å². The van der Waals surface area contributed by atoms with Crippen LogP contribution < -0.4 is 20.4 Å². The molecule has 40 heavy (non-hydrogen) atoms. The molecule has 0 aliphatic heterocycles. The van der Waals surface area contributed by atoms with E-state index in [4.69, 9.17) is 25.8 Å². The third-order valence-electron chi connectivity index (χ3n) is 5.98. The van der Waals surface area contributed by atoms with Crippen LogP contribution in [0.25, 0.3) is 0 Å². The fourth-order valence-electron chi connectivity index (χ4n) is 4.10. The van der Waals surface area contributed by atoms with Crippen molar-refractivity contribution in [1.82, 2.24) is 9.88 Å². The fraction of sp³-hybridized carbons (Fsp3) is 0.345. The summed E-state index contributed by atoms with van der Waals surface area (Å²) in [7, 11) is 2.87. The topological polar surface area (TPSA) is 119 Å². The lowest BCUT2D eigenvalue weighted by atomic mass is 10.1. The summed E-state index contributed by atoms with van der Waals surface area (Å²) in [5.74, 6) is -0.915. The molecule has 2 aromatic carbocycles. The molecule has 214 valence electrons. The maximum Gasteiger partial charge on any atom is 0.412 e. The van der Waals surface area contributed by atoms with Gasteiger partial charge in [-0.3, -0.25) is 14.5 Å². The van der Waals surface area contributed by atoms with Crippen LogP contribution in [0.2, 0.25) is 5.02 Å². The van der Waals surface area contributed by atoms with Crippen LogP contribution >= 0.6 is 11.6 Å². The molecule has 2 amide bonds. The zero-order chi connectivity index (χ0) is 29.4. The van der Waals surface area contributed by atoms with Crippen molar-refractivity contribution in [1.29, 1.82) is 0 Å². The van der Waals surface area contributed by atoms with Crippen molar-refractivity contribution in [3.05, 3.63) is 92.9 Å². The minimum Gasteiger partial charge on any atom is -0.482 e. The van der Waals surface area contributed by atoms with Gasteiger partial charge in [0, 0.05) is 37.5 Å². The molecule has 0 saturated heterocycles. The number of methoxy groups -OCH3 is 2. The Labute approximate surface area is 238 Å². The summed E-state index contributed by atoms with van der Waals surface area (Å²) in [5, 5.41) is 13.4. The largest absolute Gasteiger partial charge is 0.482 e. The lowest BCUT2D eigenvalue weighted by Gasteiger charge is -2.33. The summed E-state index contributed by atoms with van der Waals surface area (Å²) in [6.07, 6.45) is -0.834. The Hall–Kier alpha value is -3.86. The van der Waals surface area contributed by atoms with Crippen molar-refractivity contribution < 1.29 is 28.9 Å². The molecule has 3 aromatic rings. The van der Waals surface area contributed by atoms with Gasteiger partial charge in [0.1, 0.15) is 12.3 Å². The Morgan fingerprint density at radius 2 is 1.70 bits per heavy atom. The summed E-state index contributed by atoms with van der Waals surface area (Å²) in [5.41, 5.74) is -0.525. The van der Waals surface area contributed by atoms with Gasteiger partial charge in [-0.15, -0.1) is 0 Å². The van der Waals surface area contributed by atoms with Crippen LogP contribution in [-0.4, -0.2) is 47.7 Å². The van der Waals surface area contributed by atoms with Crippen molar-refractivity contribution in [3.63, 3.8) is 0 Å². The van der Waals surface area contributed by atoms with Gasteiger partial charge in [0.25, 0.3) is 5.91 Å². The van der Waals surface area contributed by atoms with Gasteiger partial charge < -0.3 is 29.2 Å². The molecule has 0 unspecified atom stereocenters. The van der Waals surface area contributed by atoms with Crippen molar-refractivity contribution in [2.24, 2.45) is 0 Å². The zero-order valence-electron chi connectivity index (χ0n) is 23.1. The molecule has 0 atom stereocenters. The number of nitrogens with zero attached hydrogens (tertiary/aromatic N) is 2. The number of rotatable bonds is 11. The summed E-state index contributed by atoms with van der Waals surface area (Å²) in [4.78, 5) is 40.9. The van der Waals surface area contributed by atoms with E-state index >= 15 is 0 Å².